The van der Waals surface area contributed by atoms with Crippen LogP contribution in [0.2, 0.25) is 0 Å². The predicted molar refractivity (Wildman–Crippen MR) is 64.4 cm³/mol. The van der Waals surface area contributed by atoms with Crippen molar-refractivity contribution in [3.63, 3.8) is 0 Å². The standard InChI is InChI=1S/C13H16N2O2/c16-11-14-8-13-10-15(6-7-17-13)9-12-4-2-1-3-5-12/h1-5,13H,6-10H2. The van der Waals surface area contributed by atoms with Gasteiger partial charge in [0.1, 0.15) is 0 Å². The van der Waals surface area contributed by atoms with E-state index >= 15 is 0 Å². The van der Waals surface area contributed by atoms with E-state index in [1.807, 2.05) is 18.2 Å². The topological polar surface area (TPSA) is 41.9 Å². The number of isocyanates is 1. The van der Waals surface area contributed by atoms with Crippen LogP contribution in [-0.2, 0) is 16.1 Å². The van der Waals surface area contributed by atoms with E-state index in [9.17, 15) is 4.79 Å². The minimum Gasteiger partial charge on any atom is -0.374 e. The molecule has 90 valence electrons. The molecule has 0 bridgehead atoms. The van der Waals surface area contributed by atoms with E-state index in [2.05, 4.69) is 22.0 Å². The van der Waals surface area contributed by atoms with Gasteiger partial charge in [-0.2, -0.15) is 0 Å². The van der Waals surface area contributed by atoms with Gasteiger partial charge in [-0.15, -0.1) is 0 Å². The molecule has 17 heavy (non-hydrogen) atoms. The first-order valence-electron chi connectivity index (χ1n) is 5.80. The van der Waals surface area contributed by atoms with Gasteiger partial charge in [-0.05, 0) is 5.56 Å². The average Bonchev–Trinajstić information content (AvgIpc) is 2.38. The van der Waals surface area contributed by atoms with E-state index in [1.165, 1.54) is 5.56 Å². The Labute approximate surface area is 101 Å². The number of nitrogens with zero attached hydrogens (tertiary/aromatic N) is 2. The lowest BCUT2D eigenvalue weighted by atomic mass is 10.2. The number of hydrogen-bond donors (Lipinski definition) is 0. The van der Waals surface area contributed by atoms with Crippen LogP contribution in [0.1, 0.15) is 5.56 Å². The zero-order chi connectivity index (χ0) is 11.9. The van der Waals surface area contributed by atoms with Gasteiger partial charge in [0, 0.05) is 19.6 Å². The Morgan fingerprint density at radius 1 is 1.41 bits per heavy atom. The summed E-state index contributed by atoms with van der Waals surface area (Å²) in [5.41, 5.74) is 1.30. The third kappa shape index (κ3) is 3.79. The normalized spacial score (nSPS) is 20.8. The summed E-state index contributed by atoms with van der Waals surface area (Å²) in [6, 6.07) is 10.3. The molecule has 1 fully saturated rings. The number of aliphatic imine (C=N–C) groups is 1. The minimum atomic E-state index is 0.0221. The Morgan fingerprint density at radius 2 is 2.24 bits per heavy atom. The Hall–Kier alpha value is -1.48. The molecule has 1 aromatic carbocycles. The lowest BCUT2D eigenvalue weighted by molar-refractivity contribution is -0.0257. The molecule has 1 aromatic rings. The fourth-order valence-electron chi connectivity index (χ4n) is 2.02. The van der Waals surface area contributed by atoms with E-state index in [4.69, 9.17) is 4.74 Å². The molecule has 0 radical (unpaired) electrons. The molecule has 0 saturated carbocycles. The summed E-state index contributed by atoms with van der Waals surface area (Å²) in [6.07, 6.45) is 1.58. The van der Waals surface area contributed by atoms with Crippen molar-refractivity contribution in [1.29, 1.82) is 0 Å². The van der Waals surface area contributed by atoms with Crippen LogP contribution in [0.25, 0.3) is 0 Å². The Kier molecular flexibility index (Phi) is 4.45. The SMILES string of the molecule is O=C=NCC1CN(Cc2ccccc2)CCO1. The Morgan fingerprint density at radius 3 is 3.00 bits per heavy atom. The average molecular weight is 232 g/mol. The summed E-state index contributed by atoms with van der Waals surface area (Å²) in [5, 5.41) is 0. The van der Waals surface area contributed by atoms with Crippen LogP contribution in [-0.4, -0.2) is 43.3 Å². The summed E-state index contributed by atoms with van der Waals surface area (Å²) in [6.45, 7) is 3.78. The number of benzene rings is 1. The van der Waals surface area contributed by atoms with Crippen LogP contribution in [0.3, 0.4) is 0 Å². The molecule has 0 N–H and O–H groups in total. The number of rotatable bonds is 4. The third-order valence-corrected chi connectivity index (χ3v) is 2.83. The van der Waals surface area contributed by atoms with Gasteiger partial charge in [-0.25, -0.2) is 9.79 Å². The molecule has 0 amide bonds. The van der Waals surface area contributed by atoms with E-state index in [0.717, 1.165) is 19.6 Å². The predicted octanol–water partition coefficient (Wildman–Crippen LogP) is 1.22. The molecule has 4 nitrogen and oxygen atoms in total. The number of morpholine rings is 1. The van der Waals surface area contributed by atoms with Crippen molar-refractivity contribution in [1.82, 2.24) is 4.90 Å². The smallest absolute Gasteiger partial charge is 0.235 e. The maximum Gasteiger partial charge on any atom is 0.235 e. The Bertz CT molecular complexity index is 388. The molecule has 1 atom stereocenters. The van der Waals surface area contributed by atoms with Crippen molar-refractivity contribution in [3.05, 3.63) is 35.9 Å². The highest BCUT2D eigenvalue weighted by Gasteiger charge is 2.19. The van der Waals surface area contributed by atoms with Crippen molar-refractivity contribution >= 4 is 6.08 Å². The quantitative estimate of drug-likeness (QED) is 0.579. The van der Waals surface area contributed by atoms with Gasteiger partial charge in [-0.3, -0.25) is 4.90 Å². The molecule has 1 aliphatic rings. The summed E-state index contributed by atoms with van der Waals surface area (Å²) >= 11 is 0. The number of carbonyl (C=O) groups excluding carboxylic acids is 1. The molecule has 1 saturated heterocycles. The lowest BCUT2D eigenvalue weighted by Crippen LogP contribution is -2.43. The van der Waals surface area contributed by atoms with E-state index < -0.39 is 0 Å². The van der Waals surface area contributed by atoms with Crippen LogP contribution in [0.15, 0.2) is 35.3 Å². The fourth-order valence-corrected chi connectivity index (χ4v) is 2.02. The highest BCUT2D eigenvalue weighted by atomic mass is 16.5. The molecule has 0 spiro atoms. The van der Waals surface area contributed by atoms with Crippen molar-refractivity contribution in [2.75, 3.05) is 26.2 Å². The summed E-state index contributed by atoms with van der Waals surface area (Å²) in [7, 11) is 0. The van der Waals surface area contributed by atoms with Crippen molar-refractivity contribution in [2.45, 2.75) is 12.6 Å². The fraction of sp³-hybridized carbons (Fsp3) is 0.462. The van der Waals surface area contributed by atoms with Gasteiger partial charge >= 0.3 is 0 Å². The molecule has 0 aromatic heterocycles. The van der Waals surface area contributed by atoms with E-state index in [0.29, 0.717) is 13.2 Å². The van der Waals surface area contributed by atoms with Crippen LogP contribution in [0, 0.1) is 0 Å². The monoisotopic (exact) mass is 232 g/mol. The first-order chi connectivity index (χ1) is 8.38. The number of ether oxygens (including phenoxy) is 1. The van der Waals surface area contributed by atoms with Gasteiger partial charge in [-0.1, -0.05) is 30.3 Å². The molecule has 1 heterocycles. The summed E-state index contributed by atoms with van der Waals surface area (Å²) < 4.78 is 5.53. The zero-order valence-electron chi connectivity index (χ0n) is 9.71. The lowest BCUT2D eigenvalue weighted by Gasteiger charge is -2.31. The maximum atomic E-state index is 10.1. The van der Waals surface area contributed by atoms with Crippen LogP contribution in [0.4, 0.5) is 0 Å². The number of hydrogen-bond acceptors (Lipinski definition) is 4. The highest BCUT2D eigenvalue weighted by molar-refractivity contribution is 5.32. The summed E-state index contributed by atoms with van der Waals surface area (Å²) in [5.74, 6) is 0. The van der Waals surface area contributed by atoms with Crippen molar-refractivity contribution in [3.8, 4) is 0 Å². The van der Waals surface area contributed by atoms with Gasteiger partial charge in [0.25, 0.3) is 0 Å². The van der Waals surface area contributed by atoms with Crippen molar-refractivity contribution in [2.24, 2.45) is 4.99 Å². The van der Waals surface area contributed by atoms with Crippen LogP contribution < -0.4 is 0 Å². The van der Waals surface area contributed by atoms with Gasteiger partial charge < -0.3 is 4.74 Å². The van der Waals surface area contributed by atoms with Crippen molar-refractivity contribution < 1.29 is 9.53 Å². The molecular weight excluding hydrogens is 216 g/mol. The second kappa shape index (κ2) is 6.30. The van der Waals surface area contributed by atoms with Crippen LogP contribution in [0.5, 0.6) is 0 Å². The highest BCUT2D eigenvalue weighted by Crippen LogP contribution is 2.10. The van der Waals surface area contributed by atoms with Gasteiger partial charge in [0.2, 0.25) is 6.08 Å². The maximum absolute atomic E-state index is 10.1. The molecule has 2 rings (SSSR count). The van der Waals surface area contributed by atoms with Crippen LogP contribution >= 0.6 is 0 Å². The zero-order valence-corrected chi connectivity index (χ0v) is 9.71. The first kappa shape index (κ1) is 12.0. The molecule has 4 heteroatoms. The molecule has 1 aliphatic heterocycles. The van der Waals surface area contributed by atoms with Gasteiger partial charge in [0.05, 0.1) is 19.3 Å². The van der Waals surface area contributed by atoms with Gasteiger partial charge in [0.15, 0.2) is 0 Å². The van der Waals surface area contributed by atoms with E-state index in [-0.39, 0.29) is 6.10 Å². The minimum absolute atomic E-state index is 0.0221. The molecule has 1 unspecified atom stereocenters. The molecule has 0 aliphatic carbocycles. The second-order valence-corrected chi connectivity index (χ2v) is 4.15. The second-order valence-electron chi connectivity index (χ2n) is 4.15. The third-order valence-electron chi connectivity index (χ3n) is 2.83. The molecular formula is C13H16N2O2. The largest absolute Gasteiger partial charge is 0.374 e. The Balaban J connectivity index is 1.87. The van der Waals surface area contributed by atoms with E-state index in [1.54, 1.807) is 6.08 Å². The summed E-state index contributed by atoms with van der Waals surface area (Å²) in [4.78, 5) is 16.0. The first-order valence-corrected chi connectivity index (χ1v) is 5.80.